The van der Waals surface area contributed by atoms with Crippen molar-refractivity contribution in [3.05, 3.63) is 30.1 Å². The molecule has 0 saturated carbocycles. The predicted molar refractivity (Wildman–Crippen MR) is 179 cm³/mol. The molecule has 0 N–H and O–H groups in total. The molecule has 230 valence electrons. The summed E-state index contributed by atoms with van der Waals surface area (Å²) in [6, 6.07) is 8.80. The fraction of sp³-hybridized carbons (Fsp3) is 0.816. The first-order valence-corrected chi connectivity index (χ1v) is 18.3. The minimum Gasteiger partial charge on any atom is -0.328 e. The first kappa shape index (κ1) is 34.9. The standard InChI is InChI=1S/C38H68N2/c1-3-5-7-9-11-13-15-17-18-19-20-22-24-26-28-34-38-39-36-32-29-30-33-37(36)40(38)35-31-27-25-23-21-16-14-12-10-8-6-4-2/h29-30,32-33H,3-28,31,34-35H2,1-2H3. The maximum absolute atomic E-state index is 5.05. The van der Waals surface area contributed by atoms with E-state index in [1.165, 1.54) is 190 Å². The largest absolute Gasteiger partial charge is 0.328 e. The SMILES string of the molecule is CCCCCCCCCCCCCCCCCc1nc2ccccc2n1CCCCCCCCCCCCCC. The molecular weight excluding hydrogens is 484 g/mol. The van der Waals surface area contributed by atoms with E-state index in [1.54, 1.807) is 0 Å². The number of imidazole rings is 1. The van der Waals surface area contributed by atoms with Gasteiger partial charge in [-0.05, 0) is 25.0 Å². The van der Waals surface area contributed by atoms with Gasteiger partial charge in [0.25, 0.3) is 0 Å². The van der Waals surface area contributed by atoms with Crippen molar-refractivity contribution in [1.82, 2.24) is 9.55 Å². The van der Waals surface area contributed by atoms with E-state index in [0.717, 1.165) is 13.0 Å². The van der Waals surface area contributed by atoms with E-state index in [0.29, 0.717) is 0 Å². The summed E-state index contributed by atoms with van der Waals surface area (Å²) in [6.45, 7) is 5.75. The highest BCUT2D eigenvalue weighted by Gasteiger charge is 2.10. The van der Waals surface area contributed by atoms with Crippen molar-refractivity contribution < 1.29 is 0 Å². The van der Waals surface area contributed by atoms with Gasteiger partial charge in [0.2, 0.25) is 0 Å². The Morgan fingerprint density at radius 2 is 0.825 bits per heavy atom. The number of aromatic nitrogens is 2. The van der Waals surface area contributed by atoms with Crippen LogP contribution in [0.5, 0.6) is 0 Å². The Hall–Kier alpha value is -1.31. The normalized spacial score (nSPS) is 11.7. The highest BCUT2D eigenvalue weighted by atomic mass is 15.1. The highest BCUT2D eigenvalue weighted by molar-refractivity contribution is 5.75. The molecule has 0 aliphatic rings. The zero-order valence-electron chi connectivity index (χ0n) is 27.2. The summed E-state index contributed by atoms with van der Waals surface area (Å²) < 4.78 is 2.55. The van der Waals surface area contributed by atoms with Crippen LogP contribution in [0.2, 0.25) is 0 Å². The van der Waals surface area contributed by atoms with Gasteiger partial charge in [0.05, 0.1) is 11.0 Å². The summed E-state index contributed by atoms with van der Waals surface area (Å²) in [5, 5.41) is 0. The van der Waals surface area contributed by atoms with Crippen LogP contribution in [0.25, 0.3) is 11.0 Å². The topological polar surface area (TPSA) is 17.8 Å². The molecule has 1 aromatic carbocycles. The van der Waals surface area contributed by atoms with Gasteiger partial charge in [-0.1, -0.05) is 187 Å². The number of hydrogen-bond acceptors (Lipinski definition) is 1. The maximum atomic E-state index is 5.05. The average molecular weight is 553 g/mol. The van der Waals surface area contributed by atoms with Gasteiger partial charge in [-0.3, -0.25) is 0 Å². The Labute approximate surface area is 250 Å². The first-order chi connectivity index (χ1) is 19.9. The van der Waals surface area contributed by atoms with Crippen molar-refractivity contribution >= 4 is 11.0 Å². The van der Waals surface area contributed by atoms with Crippen LogP contribution in [-0.2, 0) is 13.0 Å². The first-order valence-electron chi connectivity index (χ1n) is 18.3. The molecule has 0 aliphatic carbocycles. The molecule has 0 spiro atoms. The Morgan fingerprint density at radius 1 is 0.450 bits per heavy atom. The molecule has 0 amide bonds. The number of hydrogen-bond donors (Lipinski definition) is 0. The van der Waals surface area contributed by atoms with Crippen LogP contribution in [0.15, 0.2) is 24.3 Å². The summed E-state index contributed by atoms with van der Waals surface area (Å²) in [5.74, 6) is 1.33. The van der Waals surface area contributed by atoms with Gasteiger partial charge in [0.15, 0.2) is 0 Å². The van der Waals surface area contributed by atoms with Gasteiger partial charge in [0.1, 0.15) is 5.82 Å². The van der Waals surface area contributed by atoms with E-state index in [4.69, 9.17) is 4.98 Å². The second-order valence-electron chi connectivity index (χ2n) is 12.8. The molecule has 2 nitrogen and oxygen atoms in total. The van der Waals surface area contributed by atoms with Crippen molar-refractivity contribution in [3.63, 3.8) is 0 Å². The molecule has 0 fully saturated rings. The summed E-state index contributed by atoms with van der Waals surface area (Å²) in [4.78, 5) is 5.05. The van der Waals surface area contributed by atoms with Crippen molar-refractivity contribution in [2.75, 3.05) is 0 Å². The monoisotopic (exact) mass is 553 g/mol. The molecule has 1 heterocycles. The Kier molecular flexibility index (Phi) is 22.2. The van der Waals surface area contributed by atoms with E-state index in [9.17, 15) is 0 Å². The maximum Gasteiger partial charge on any atom is 0.109 e. The second-order valence-corrected chi connectivity index (χ2v) is 12.8. The number of para-hydroxylation sites is 2. The minimum atomic E-state index is 1.14. The molecular formula is C38H68N2. The van der Waals surface area contributed by atoms with E-state index in [1.807, 2.05) is 0 Å². The number of fused-ring (bicyclic) bond motifs is 1. The third-order valence-corrected chi connectivity index (χ3v) is 8.97. The average Bonchev–Trinajstić information content (AvgIpc) is 3.32. The predicted octanol–water partition coefficient (Wildman–Crippen LogP) is 13.2. The lowest BCUT2D eigenvalue weighted by atomic mass is 10.0. The lowest BCUT2D eigenvalue weighted by molar-refractivity contribution is 0.520. The second kappa shape index (κ2) is 25.4. The quantitative estimate of drug-likeness (QED) is 0.0917. The zero-order chi connectivity index (χ0) is 28.4. The Balaban J connectivity index is 1.51. The summed E-state index contributed by atoms with van der Waals surface area (Å²) in [5.41, 5.74) is 2.54. The summed E-state index contributed by atoms with van der Waals surface area (Å²) in [7, 11) is 0. The number of nitrogens with zero attached hydrogens (tertiary/aromatic N) is 2. The third-order valence-electron chi connectivity index (χ3n) is 8.97. The van der Waals surface area contributed by atoms with Crippen molar-refractivity contribution in [1.29, 1.82) is 0 Å². The summed E-state index contributed by atoms with van der Waals surface area (Å²) in [6.07, 6.45) is 39.5. The summed E-state index contributed by atoms with van der Waals surface area (Å²) >= 11 is 0. The Morgan fingerprint density at radius 3 is 1.27 bits per heavy atom. The van der Waals surface area contributed by atoms with Crippen LogP contribution in [0, 0.1) is 0 Å². The molecule has 0 radical (unpaired) electrons. The molecule has 0 saturated heterocycles. The molecule has 2 heteroatoms. The molecule has 2 rings (SSSR count). The van der Waals surface area contributed by atoms with Crippen LogP contribution < -0.4 is 0 Å². The molecule has 2 aromatic rings. The van der Waals surface area contributed by atoms with Crippen LogP contribution in [0.4, 0.5) is 0 Å². The lowest BCUT2D eigenvalue weighted by Crippen LogP contribution is -2.04. The highest BCUT2D eigenvalue weighted by Crippen LogP contribution is 2.20. The fourth-order valence-electron chi connectivity index (χ4n) is 6.33. The van der Waals surface area contributed by atoms with Gasteiger partial charge in [-0.15, -0.1) is 0 Å². The molecule has 0 bridgehead atoms. The van der Waals surface area contributed by atoms with Crippen LogP contribution >= 0.6 is 0 Å². The van der Waals surface area contributed by atoms with Crippen molar-refractivity contribution in [3.8, 4) is 0 Å². The molecule has 40 heavy (non-hydrogen) atoms. The molecule has 0 atom stereocenters. The van der Waals surface area contributed by atoms with Gasteiger partial charge in [-0.25, -0.2) is 4.98 Å². The van der Waals surface area contributed by atoms with Gasteiger partial charge < -0.3 is 4.57 Å². The molecule has 0 aliphatic heterocycles. The van der Waals surface area contributed by atoms with E-state index >= 15 is 0 Å². The van der Waals surface area contributed by atoms with Gasteiger partial charge in [0, 0.05) is 13.0 Å². The minimum absolute atomic E-state index is 1.14. The van der Waals surface area contributed by atoms with Crippen LogP contribution in [0.1, 0.15) is 193 Å². The number of benzene rings is 1. The molecule has 0 unspecified atom stereocenters. The third kappa shape index (κ3) is 16.8. The number of rotatable bonds is 29. The van der Waals surface area contributed by atoms with E-state index in [2.05, 4.69) is 42.7 Å². The van der Waals surface area contributed by atoms with Crippen molar-refractivity contribution in [2.45, 2.75) is 200 Å². The van der Waals surface area contributed by atoms with E-state index in [-0.39, 0.29) is 0 Å². The number of unbranched alkanes of at least 4 members (excludes halogenated alkanes) is 25. The lowest BCUT2D eigenvalue weighted by Gasteiger charge is -2.10. The van der Waals surface area contributed by atoms with Gasteiger partial charge in [-0.2, -0.15) is 0 Å². The van der Waals surface area contributed by atoms with Gasteiger partial charge >= 0.3 is 0 Å². The zero-order valence-corrected chi connectivity index (χ0v) is 27.2. The smallest absolute Gasteiger partial charge is 0.109 e. The van der Waals surface area contributed by atoms with Crippen molar-refractivity contribution in [2.24, 2.45) is 0 Å². The fourth-order valence-corrected chi connectivity index (χ4v) is 6.33. The van der Waals surface area contributed by atoms with E-state index < -0.39 is 0 Å². The van der Waals surface area contributed by atoms with Crippen LogP contribution in [0.3, 0.4) is 0 Å². The number of aryl methyl sites for hydroxylation is 2. The van der Waals surface area contributed by atoms with Crippen LogP contribution in [-0.4, -0.2) is 9.55 Å². The Bertz CT molecular complexity index is 807. The molecule has 1 aromatic heterocycles.